The van der Waals surface area contributed by atoms with Crippen LogP contribution in [0, 0.1) is 5.82 Å². The van der Waals surface area contributed by atoms with Crippen LogP contribution in [-0.2, 0) is 6.18 Å². The zero-order valence-electron chi connectivity index (χ0n) is 16.7. The van der Waals surface area contributed by atoms with Crippen LogP contribution in [0.25, 0.3) is 0 Å². The van der Waals surface area contributed by atoms with Crippen LogP contribution in [-0.4, -0.2) is 22.5 Å². The highest BCUT2D eigenvalue weighted by molar-refractivity contribution is 5.79. The molecule has 0 aliphatic carbocycles. The third kappa shape index (κ3) is 6.89. The van der Waals surface area contributed by atoms with Crippen LogP contribution in [0.2, 0.25) is 0 Å². The average Bonchev–Trinajstić information content (AvgIpc) is 2.73. The predicted molar refractivity (Wildman–Crippen MR) is 106 cm³/mol. The van der Waals surface area contributed by atoms with E-state index < -0.39 is 30.0 Å². The highest BCUT2D eigenvalue weighted by Crippen LogP contribution is 2.33. The van der Waals surface area contributed by atoms with Crippen molar-refractivity contribution in [1.29, 1.82) is 0 Å². The standard InChI is InChI=1S/C21H15F7N4O/c1-12(30-11-13-2-5-15(6-3-13)33-21(26,27)28)19-29-9-8-18(32-19)31-14-4-7-17(22)16(10-14)20(23,24)25/h2-12H,1H3,(H,29,31,32). The number of nitrogens with zero attached hydrogens (tertiary/aromatic N) is 3. The molecule has 174 valence electrons. The molecule has 3 rings (SSSR count). The summed E-state index contributed by atoms with van der Waals surface area (Å²) in [6, 6.07) is 8.33. The van der Waals surface area contributed by atoms with Crippen molar-refractivity contribution in [1.82, 2.24) is 9.97 Å². The molecule has 33 heavy (non-hydrogen) atoms. The van der Waals surface area contributed by atoms with Crippen LogP contribution < -0.4 is 10.1 Å². The number of hydrogen-bond acceptors (Lipinski definition) is 5. The van der Waals surface area contributed by atoms with Gasteiger partial charge < -0.3 is 10.1 Å². The van der Waals surface area contributed by atoms with E-state index in [1.807, 2.05) is 0 Å². The topological polar surface area (TPSA) is 59.4 Å². The molecule has 0 saturated heterocycles. The Morgan fingerprint density at radius 3 is 2.33 bits per heavy atom. The van der Waals surface area contributed by atoms with Crippen LogP contribution in [0.15, 0.2) is 59.7 Å². The minimum absolute atomic E-state index is 0.0225. The number of aliphatic imine (C=N–C) groups is 1. The number of aromatic nitrogens is 2. The predicted octanol–water partition coefficient (Wildman–Crippen LogP) is 6.46. The van der Waals surface area contributed by atoms with Crippen LogP contribution in [0.1, 0.15) is 29.9 Å². The van der Waals surface area contributed by atoms with Gasteiger partial charge in [0.05, 0.1) is 5.56 Å². The normalized spacial score (nSPS) is 13.2. The lowest BCUT2D eigenvalue weighted by molar-refractivity contribution is -0.274. The Bertz CT molecular complexity index is 1130. The second kappa shape index (κ2) is 9.43. The molecular weight excluding hydrogens is 457 g/mol. The molecule has 0 aliphatic rings. The van der Waals surface area contributed by atoms with Crippen molar-refractivity contribution in [2.45, 2.75) is 25.5 Å². The SMILES string of the molecule is CC(N=Cc1ccc(OC(F)(F)F)cc1)c1nccc(Nc2ccc(F)c(C(F)(F)F)c2)n1. The van der Waals surface area contributed by atoms with Crippen molar-refractivity contribution in [2.24, 2.45) is 4.99 Å². The number of nitrogens with one attached hydrogen (secondary N) is 1. The minimum Gasteiger partial charge on any atom is -0.406 e. The second-order valence-corrected chi connectivity index (χ2v) is 6.69. The average molecular weight is 472 g/mol. The van der Waals surface area contributed by atoms with Gasteiger partial charge in [0.15, 0.2) is 5.82 Å². The lowest BCUT2D eigenvalue weighted by atomic mass is 10.2. The summed E-state index contributed by atoms with van der Waals surface area (Å²) in [7, 11) is 0. The van der Waals surface area contributed by atoms with Gasteiger partial charge >= 0.3 is 12.5 Å². The molecule has 1 heterocycles. The van der Waals surface area contributed by atoms with Gasteiger partial charge in [-0.2, -0.15) is 13.2 Å². The molecule has 1 unspecified atom stereocenters. The molecule has 3 aromatic rings. The summed E-state index contributed by atoms with van der Waals surface area (Å²) in [5.41, 5.74) is -0.936. The number of anilines is 2. The lowest BCUT2D eigenvalue weighted by Crippen LogP contribution is -2.17. The third-order valence-electron chi connectivity index (χ3n) is 4.15. The van der Waals surface area contributed by atoms with Gasteiger partial charge in [0.25, 0.3) is 0 Å². The van der Waals surface area contributed by atoms with Crippen LogP contribution in [0.4, 0.5) is 42.2 Å². The highest BCUT2D eigenvalue weighted by atomic mass is 19.4. The molecule has 0 amide bonds. The number of hydrogen-bond donors (Lipinski definition) is 1. The molecule has 0 bridgehead atoms. The molecule has 0 fully saturated rings. The third-order valence-corrected chi connectivity index (χ3v) is 4.15. The Hall–Kier alpha value is -3.70. The van der Waals surface area contributed by atoms with Crippen molar-refractivity contribution < 1.29 is 35.5 Å². The number of ether oxygens (including phenoxy) is 1. The van der Waals surface area contributed by atoms with Gasteiger partial charge in [-0.15, -0.1) is 13.2 Å². The molecule has 5 nitrogen and oxygen atoms in total. The Balaban J connectivity index is 1.70. The van der Waals surface area contributed by atoms with Crippen LogP contribution >= 0.6 is 0 Å². The first-order valence-electron chi connectivity index (χ1n) is 9.26. The molecule has 0 radical (unpaired) electrons. The molecule has 0 aliphatic heterocycles. The van der Waals surface area contributed by atoms with Gasteiger partial charge in [0.1, 0.15) is 23.4 Å². The number of alkyl halides is 6. The van der Waals surface area contributed by atoms with E-state index in [0.717, 1.165) is 18.2 Å². The molecular formula is C21H15F7N4O. The van der Waals surface area contributed by atoms with Crippen molar-refractivity contribution >= 4 is 17.7 Å². The molecule has 12 heteroatoms. The van der Waals surface area contributed by atoms with Crippen molar-refractivity contribution in [3.8, 4) is 5.75 Å². The Morgan fingerprint density at radius 2 is 1.70 bits per heavy atom. The summed E-state index contributed by atoms with van der Waals surface area (Å²) in [5.74, 6) is -1.37. The van der Waals surface area contributed by atoms with Crippen molar-refractivity contribution in [2.75, 3.05) is 5.32 Å². The zero-order chi connectivity index (χ0) is 24.2. The second-order valence-electron chi connectivity index (χ2n) is 6.69. The quantitative estimate of drug-likeness (QED) is 0.331. The first-order valence-corrected chi connectivity index (χ1v) is 9.26. The van der Waals surface area contributed by atoms with E-state index in [4.69, 9.17) is 0 Å². The molecule has 1 aromatic heterocycles. The monoisotopic (exact) mass is 472 g/mol. The summed E-state index contributed by atoms with van der Waals surface area (Å²) in [4.78, 5) is 12.5. The molecule has 0 spiro atoms. The molecule has 1 atom stereocenters. The van der Waals surface area contributed by atoms with Crippen molar-refractivity contribution in [3.63, 3.8) is 0 Å². The lowest BCUT2D eigenvalue weighted by Gasteiger charge is -2.12. The van der Waals surface area contributed by atoms with Gasteiger partial charge in [-0.3, -0.25) is 4.99 Å². The zero-order valence-corrected chi connectivity index (χ0v) is 16.7. The van der Waals surface area contributed by atoms with Crippen molar-refractivity contribution in [3.05, 3.63) is 77.5 Å². The summed E-state index contributed by atoms with van der Waals surface area (Å²) in [6.07, 6.45) is -6.86. The summed E-state index contributed by atoms with van der Waals surface area (Å²) in [5, 5.41) is 2.66. The molecule has 2 aromatic carbocycles. The fraction of sp³-hybridized carbons (Fsp3) is 0.190. The van der Waals surface area contributed by atoms with Gasteiger partial charge in [-0.05, 0) is 61.0 Å². The van der Waals surface area contributed by atoms with Gasteiger partial charge in [-0.25, -0.2) is 14.4 Å². The largest absolute Gasteiger partial charge is 0.573 e. The summed E-state index contributed by atoms with van der Waals surface area (Å²) < 4.78 is 92.5. The number of halogens is 7. The number of rotatable bonds is 6. The number of benzene rings is 2. The smallest absolute Gasteiger partial charge is 0.406 e. The Labute approximate surface area is 183 Å². The fourth-order valence-corrected chi connectivity index (χ4v) is 2.63. The van der Waals surface area contributed by atoms with E-state index in [1.165, 1.54) is 30.6 Å². The van der Waals surface area contributed by atoms with E-state index >= 15 is 0 Å². The first-order chi connectivity index (χ1) is 15.4. The highest BCUT2D eigenvalue weighted by Gasteiger charge is 2.34. The Kier molecular flexibility index (Phi) is 6.84. The minimum atomic E-state index is -4.85. The molecule has 1 N–H and O–H groups in total. The van der Waals surface area contributed by atoms with E-state index in [9.17, 15) is 30.7 Å². The maximum Gasteiger partial charge on any atom is 0.573 e. The molecule has 0 saturated carbocycles. The van der Waals surface area contributed by atoms with Gasteiger partial charge in [-0.1, -0.05) is 0 Å². The fourth-order valence-electron chi connectivity index (χ4n) is 2.63. The van der Waals surface area contributed by atoms with E-state index in [-0.39, 0.29) is 23.1 Å². The van der Waals surface area contributed by atoms with E-state index in [1.54, 1.807) is 6.92 Å². The first kappa shape index (κ1) is 24.0. The Morgan fingerprint density at radius 1 is 1.00 bits per heavy atom. The maximum absolute atomic E-state index is 13.4. The van der Waals surface area contributed by atoms with Gasteiger partial charge in [0.2, 0.25) is 0 Å². The van der Waals surface area contributed by atoms with E-state index in [2.05, 4.69) is 25.0 Å². The maximum atomic E-state index is 13.4. The summed E-state index contributed by atoms with van der Waals surface area (Å²) >= 11 is 0. The van der Waals surface area contributed by atoms with Gasteiger partial charge in [0, 0.05) is 18.1 Å². The summed E-state index contributed by atoms with van der Waals surface area (Å²) in [6.45, 7) is 1.65. The van der Waals surface area contributed by atoms with Crippen LogP contribution in [0.5, 0.6) is 5.75 Å². The van der Waals surface area contributed by atoms with Crippen LogP contribution in [0.3, 0.4) is 0 Å². The van der Waals surface area contributed by atoms with E-state index in [0.29, 0.717) is 17.7 Å².